The van der Waals surface area contributed by atoms with E-state index in [4.69, 9.17) is 21.1 Å². The van der Waals surface area contributed by atoms with Gasteiger partial charge in [0.1, 0.15) is 5.75 Å². The molecule has 0 unspecified atom stereocenters. The number of benzene rings is 1. The number of esters is 1. The van der Waals surface area contributed by atoms with Crippen molar-refractivity contribution in [3.8, 4) is 5.75 Å². The van der Waals surface area contributed by atoms with E-state index in [0.29, 0.717) is 16.3 Å². The lowest BCUT2D eigenvalue weighted by atomic mass is 10.1. The molecule has 0 aliphatic heterocycles. The van der Waals surface area contributed by atoms with Crippen LogP contribution in [-0.2, 0) is 20.7 Å². The predicted octanol–water partition coefficient (Wildman–Crippen LogP) is 1.96. The van der Waals surface area contributed by atoms with E-state index >= 15 is 0 Å². The Labute approximate surface area is 123 Å². The average Bonchev–Trinajstić information content (AvgIpc) is 2.36. The number of nitrogens with one attached hydrogen (secondary N) is 1. The number of carbonyl (C=O) groups excluding carboxylic acids is 2. The summed E-state index contributed by atoms with van der Waals surface area (Å²) in [7, 11) is 1.51. The molecule has 20 heavy (non-hydrogen) atoms. The van der Waals surface area contributed by atoms with E-state index in [9.17, 15) is 9.59 Å². The second kappa shape index (κ2) is 7.75. The lowest BCUT2D eigenvalue weighted by molar-refractivity contribution is -0.148. The Morgan fingerprint density at radius 3 is 2.65 bits per heavy atom. The third-order valence-corrected chi connectivity index (χ3v) is 2.63. The summed E-state index contributed by atoms with van der Waals surface area (Å²) >= 11 is 5.87. The van der Waals surface area contributed by atoms with E-state index in [2.05, 4.69) is 5.32 Å². The number of halogens is 1. The first-order valence-corrected chi connectivity index (χ1v) is 6.57. The molecule has 1 amide bonds. The molecule has 1 aromatic carbocycles. The molecule has 1 aromatic rings. The summed E-state index contributed by atoms with van der Waals surface area (Å²) < 4.78 is 10.0. The van der Waals surface area contributed by atoms with Gasteiger partial charge in [-0.25, -0.2) is 0 Å². The predicted molar refractivity (Wildman–Crippen MR) is 75.9 cm³/mol. The lowest BCUT2D eigenvalue weighted by Crippen LogP contribution is -2.34. The monoisotopic (exact) mass is 299 g/mol. The Morgan fingerprint density at radius 2 is 2.05 bits per heavy atom. The smallest absolute Gasteiger partial charge is 0.310 e. The van der Waals surface area contributed by atoms with Crippen molar-refractivity contribution >= 4 is 23.5 Å². The molecule has 0 aliphatic rings. The topological polar surface area (TPSA) is 64.6 Å². The zero-order valence-electron chi connectivity index (χ0n) is 11.7. The van der Waals surface area contributed by atoms with E-state index in [1.54, 1.807) is 18.2 Å². The first-order chi connectivity index (χ1) is 9.42. The molecule has 0 saturated carbocycles. The quantitative estimate of drug-likeness (QED) is 0.816. The molecule has 0 bridgehead atoms. The van der Waals surface area contributed by atoms with Crippen LogP contribution in [0.3, 0.4) is 0 Å². The van der Waals surface area contributed by atoms with Gasteiger partial charge in [0.05, 0.1) is 13.5 Å². The van der Waals surface area contributed by atoms with Crippen LogP contribution in [0, 0.1) is 0 Å². The van der Waals surface area contributed by atoms with Crippen molar-refractivity contribution in [2.24, 2.45) is 0 Å². The Balaban J connectivity index is 2.54. The van der Waals surface area contributed by atoms with Gasteiger partial charge in [0, 0.05) is 16.6 Å². The van der Waals surface area contributed by atoms with Crippen molar-refractivity contribution in [2.45, 2.75) is 26.3 Å². The van der Waals surface area contributed by atoms with Crippen molar-refractivity contribution in [3.63, 3.8) is 0 Å². The van der Waals surface area contributed by atoms with Gasteiger partial charge in [-0.05, 0) is 32.0 Å². The molecule has 6 heteroatoms. The number of carbonyl (C=O) groups is 2. The van der Waals surface area contributed by atoms with Crippen LogP contribution in [0.15, 0.2) is 18.2 Å². The first kappa shape index (κ1) is 16.3. The van der Waals surface area contributed by atoms with E-state index in [0.717, 1.165) is 0 Å². The van der Waals surface area contributed by atoms with Crippen LogP contribution in [0.2, 0.25) is 5.02 Å². The second-order valence-corrected chi connectivity index (χ2v) is 4.95. The molecule has 1 N–H and O–H groups in total. The number of amides is 1. The highest BCUT2D eigenvalue weighted by Gasteiger charge is 2.12. The van der Waals surface area contributed by atoms with Crippen LogP contribution < -0.4 is 10.1 Å². The number of hydrogen-bond acceptors (Lipinski definition) is 4. The number of methoxy groups -OCH3 is 1. The van der Waals surface area contributed by atoms with Crippen LogP contribution in [-0.4, -0.2) is 31.6 Å². The van der Waals surface area contributed by atoms with Crippen molar-refractivity contribution in [1.82, 2.24) is 5.32 Å². The van der Waals surface area contributed by atoms with Gasteiger partial charge in [-0.2, -0.15) is 0 Å². The fraction of sp³-hybridized carbons (Fsp3) is 0.429. The maximum Gasteiger partial charge on any atom is 0.310 e. The van der Waals surface area contributed by atoms with E-state index in [1.807, 2.05) is 13.8 Å². The number of rotatable bonds is 6. The Bertz CT molecular complexity index is 488. The average molecular weight is 300 g/mol. The van der Waals surface area contributed by atoms with Gasteiger partial charge < -0.3 is 14.8 Å². The normalized spacial score (nSPS) is 10.2. The van der Waals surface area contributed by atoms with Gasteiger partial charge >= 0.3 is 5.97 Å². The molecule has 0 spiro atoms. The Morgan fingerprint density at radius 1 is 1.35 bits per heavy atom. The number of ether oxygens (including phenoxy) is 2. The van der Waals surface area contributed by atoms with Crippen LogP contribution in [0.4, 0.5) is 0 Å². The summed E-state index contributed by atoms with van der Waals surface area (Å²) in [5.74, 6) is -0.283. The molecule has 0 fully saturated rings. The summed E-state index contributed by atoms with van der Waals surface area (Å²) in [6.07, 6.45) is -0.00130. The molecule has 0 aromatic heterocycles. The minimum Gasteiger partial charge on any atom is -0.496 e. The van der Waals surface area contributed by atoms with Crippen molar-refractivity contribution < 1.29 is 19.1 Å². The summed E-state index contributed by atoms with van der Waals surface area (Å²) in [4.78, 5) is 23.0. The molecule has 5 nitrogen and oxygen atoms in total. The SMILES string of the molecule is COc1ccc(Cl)cc1CC(=O)OCC(=O)NC(C)C. The maximum absolute atomic E-state index is 11.7. The molecular formula is C14H18ClNO4. The van der Waals surface area contributed by atoms with E-state index < -0.39 is 5.97 Å². The van der Waals surface area contributed by atoms with Crippen LogP contribution in [0.5, 0.6) is 5.75 Å². The van der Waals surface area contributed by atoms with Crippen molar-refractivity contribution in [2.75, 3.05) is 13.7 Å². The fourth-order valence-electron chi connectivity index (χ4n) is 1.60. The molecule has 0 aliphatic carbocycles. The molecule has 110 valence electrons. The van der Waals surface area contributed by atoms with Crippen LogP contribution >= 0.6 is 11.6 Å². The summed E-state index contributed by atoms with van der Waals surface area (Å²) in [6, 6.07) is 4.99. The third-order valence-electron chi connectivity index (χ3n) is 2.39. The van der Waals surface area contributed by atoms with Gasteiger partial charge in [-0.15, -0.1) is 0 Å². The summed E-state index contributed by atoms with van der Waals surface area (Å²) in [6.45, 7) is 3.37. The molecular weight excluding hydrogens is 282 g/mol. The Kier molecular flexibility index (Phi) is 6.31. The zero-order chi connectivity index (χ0) is 15.1. The standard InChI is InChI=1S/C14H18ClNO4/c1-9(2)16-13(17)8-20-14(18)7-10-6-11(15)4-5-12(10)19-3/h4-6,9H,7-8H2,1-3H3,(H,16,17). The molecule has 1 rings (SSSR count). The lowest BCUT2D eigenvalue weighted by Gasteiger charge is -2.10. The van der Waals surface area contributed by atoms with Gasteiger partial charge in [0.25, 0.3) is 5.91 Å². The van der Waals surface area contributed by atoms with Gasteiger partial charge in [0.2, 0.25) is 0 Å². The highest BCUT2D eigenvalue weighted by Crippen LogP contribution is 2.23. The zero-order valence-corrected chi connectivity index (χ0v) is 12.5. The molecule has 0 saturated heterocycles. The minimum absolute atomic E-state index is 0.00130. The molecule has 0 radical (unpaired) electrons. The summed E-state index contributed by atoms with van der Waals surface area (Å²) in [5, 5.41) is 3.14. The van der Waals surface area contributed by atoms with E-state index in [1.165, 1.54) is 7.11 Å². The Hall–Kier alpha value is -1.75. The van der Waals surface area contributed by atoms with Crippen LogP contribution in [0.1, 0.15) is 19.4 Å². The fourth-order valence-corrected chi connectivity index (χ4v) is 1.80. The maximum atomic E-state index is 11.7. The van der Waals surface area contributed by atoms with Gasteiger partial charge in [-0.1, -0.05) is 11.6 Å². The number of hydrogen-bond donors (Lipinski definition) is 1. The largest absolute Gasteiger partial charge is 0.496 e. The first-order valence-electron chi connectivity index (χ1n) is 6.19. The highest BCUT2D eigenvalue weighted by atomic mass is 35.5. The summed E-state index contributed by atoms with van der Waals surface area (Å²) in [5.41, 5.74) is 0.620. The molecule has 0 heterocycles. The van der Waals surface area contributed by atoms with E-state index in [-0.39, 0.29) is 25.0 Å². The third kappa shape index (κ3) is 5.48. The van der Waals surface area contributed by atoms with Crippen LogP contribution in [0.25, 0.3) is 0 Å². The molecule has 0 atom stereocenters. The van der Waals surface area contributed by atoms with Crippen molar-refractivity contribution in [3.05, 3.63) is 28.8 Å². The highest BCUT2D eigenvalue weighted by molar-refractivity contribution is 6.30. The van der Waals surface area contributed by atoms with Gasteiger partial charge in [0.15, 0.2) is 6.61 Å². The van der Waals surface area contributed by atoms with Gasteiger partial charge in [-0.3, -0.25) is 9.59 Å². The second-order valence-electron chi connectivity index (χ2n) is 4.52. The minimum atomic E-state index is -0.510. The van der Waals surface area contributed by atoms with Crippen molar-refractivity contribution in [1.29, 1.82) is 0 Å².